The van der Waals surface area contributed by atoms with Gasteiger partial charge in [-0.15, -0.1) is 0 Å². The molecule has 2 bridgehead atoms. The minimum atomic E-state index is -0.158. The maximum absolute atomic E-state index is 13.6. The summed E-state index contributed by atoms with van der Waals surface area (Å²) in [6.07, 6.45) is 11.9. The molecule has 45 heavy (non-hydrogen) atoms. The largest absolute Gasteiger partial charge is 0.344 e. The third-order valence-corrected chi connectivity index (χ3v) is 9.24. The van der Waals surface area contributed by atoms with Crippen LogP contribution in [0.3, 0.4) is 0 Å². The summed E-state index contributed by atoms with van der Waals surface area (Å²) in [4.78, 5) is 39.9. The van der Waals surface area contributed by atoms with Crippen molar-refractivity contribution in [2.45, 2.75) is 65.1 Å². The van der Waals surface area contributed by atoms with Crippen LogP contribution >= 0.6 is 0 Å². The number of carbonyl (C=O) groups excluding carboxylic acids is 1. The van der Waals surface area contributed by atoms with Crippen LogP contribution in [0.4, 0.5) is 17.3 Å². The van der Waals surface area contributed by atoms with Gasteiger partial charge in [0.15, 0.2) is 5.65 Å². The molecule has 5 aromatic rings. The molecule has 2 aromatic carbocycles. The number of benzene rings is 2. The number of amides is 1. The average molecular weight is 605 g/mol. The molecule has 0 saturated carbocycles. The van der Waals surface area contributed by atoms with E-state index in [1.165, 1.54) is 5.52 Å². The molecule has 2 aliphatic rings. The van der Waals surface area contributed by atoms with Crippen molar-refractivity contribution in [2.75, 3.05) is 29.9 Å². The van der Waals surface area contributed by atoms with Crippen LogP contribution in [0.1, 0.15) is 52.5 Å². The number of hydrogen-bond acceptors (Lipinski definition) is 6. The Labute approximate surface area is 262 Å². The lowest BCUT2D eigenvalue weighted by molar-refractivity contribution is -0.116. The van der Waals surface area contributed by atoms with Gasteiger partial charge in [-0.1, -0.05) is 18.2 Å². The number of fused-ring (bicyclic) bond motifs is 7. The standard InChI is InChI=1S/C35H40N8O2/c1-24(2)39-18-14-28(15-19-39)41-20-13-26-21-27(11-12-32(26)41)37-35-36-23-31-33(38-35)43-30-10-8-9-29(22-30)40(25(3)44)16-6-4-5-7-17-42(43)34(31)45/h5,7-13,20-24,28H,4,6,14-19H2,1-3H3,(H,36,37,38). The zero-order valence-electron chi connectivity index (χ0n) is 26.2. The number of aromatic nitrogens is 5. The van der Waals surface area contributed by atoms with Crippen molar-refractivity contribution in [3.05, 3.63) is 83.4 Å². The van der Waals surface area contributed by atoms with Crippen molar-refractivity contribution in [3.8, 4) is 5.69 Å². The van der Waals surface area contributed by atoms with E-state index < -0.39 is 0 Å². The summed E-state index contributed by atoms with van der Waals surface area (Å²) in [6, 6.07) is 17.4. The van der Waals surface area contributed by atoms with E-state index in [0.29, 0.717) is 42.2 Å². The van der Waals surface area contributed by atoms with Gasteiger partial charge < -0.3 is 19.7 Å². The van der Waals surface area contributed by atoms with Crippen LogP contribution in [-0.2, 0) is 11.3 Å². The molecule has 7 rings (SSSR count). The van der Waals surface area contributed by atoms with E-state index in [0.717, 1.165) is 61.2 Å². The van der Waals surface area contributed by atoms with Gasteiger partial charge >= 0.3 is 0 Å². The normalized spacial score (nSPS) is 16.6. The lowest BCUT2D eigenvalue weighted by atomic mass is 10.0. The van der Waals surface area contributed by atoms with Gasteiger partial charge in [-0.2, -0.15) is 4.98 Å². The van der Waals surface area contributed by atoms with Crippen molar-refractivity contribution in [1.29, 1.82) is 0 Å². The van der Waals surface area contributed by atoms with E-state index in [2.05, 4.69) is 70.2 Å². The number of nitrogens with one attached hydrogen (secondary N) is 1. The zero-order chi connectivity index (χ0) is 31.1. The average Bonchev–Trinajstić information content (AvgIpc) is 3.58. The molecule has 2 aliphatic heterocycles. The highest BCUT2D eigenvalue weighted by Crippen LogP contribution is 2.31. The molecule has 5 heterocycles. The first-order valence-electron chi connectivity index (χ1n) is 16.0. The SMILES string of the molecule is CC(=O)N1CCCC=CCn2c(=O)c3cnc(Nc4ccc5c(ccn5C5CCN(C(C)C)CC5)c4)nc3n2-c2cccc1c2. The number of hydrogen-bond donors (Lipinski definition) is 1. The van der Waals surface area contributed by atoms with Crippen molar-refractivity contribution in [1.82, 2.24) is 28.8 Å². The number of likely N-dealkylation sites (tertiary alicyclic amines) is 1. The third kappa shape index (κ3) is 5.55. The molecular formula is C35H40N8O2. The molecule has 1 amide bonds. The maximum atomic E-state index is 13.6. The van der Waals surface area contributed by atoms with Gasteiger partial charge in [0.05, 0.1) is 12.2 Å². The van der Waals surface area contributed by atoms with Gasteiger partial charge in [0, 0.05) is 73.3 Å². The van der Waals surface area contributed by atoms with Crippen LogP contribution in [0.2, 0.25) is 0 Å². The fraction of sp³-hybridized carbons (Fsp3) is 0.371. The lowest BCUT2D eigenvalue weighted by Crippen LogP contribution is -2.38. The minimum absolute atomic E-state index is 0.0134. The van der Waals surface area contributed by atoms with E-state index in [1.54, 1.807) is 22.7 Å². The van der Waals surface area contributed by atoms with Crippen molar-refractivity contribution < 1.29 is 4.79 Å². The Morgan fingerprint density at radius 3 is 2.62 bits per heavy atom. The molecule has 1 fully saturated rings. The van der Waals surface area contributed by atoms with Gasteiger partial charge in [0.1, 0.15) is 5.39 Å². The summed E-state index contributed by atoms with van der Waals surface area (Å²) in [5.74, 6) is 0.395. The van der Waals surface area contributed by atoms with Gasteiger partial charge in [-0.05, 0) is 82.0 Å². The van der Waals surface area contributed by atoms with Gasteiger partial charge in [0.2, 0.25) is 11.9 Å². The van der Waals surface area contributed by atoms with Crippen molar-refractivity contribution in [3.63, 3.8) is 0 Å². The number of carbonyl (C=O) groups is 1. The lowest BCUT2D eigenvalue weighted by Gasteiger charge is -2.35. The molecule has 10 heteroatoms. The summed E-state index contributed by atoms with van der Waals surface area (Å²) in [5, 5.41) is 4.98. The Morgan fingerprint density at radius 2 is 1.82 bits per heavy atom. The quantitative estimate of drug-likeness (QED) is 0.252. The Bertz CT molecular complexity index is 1960. The molecular weight excluding hydrogens is 564 g/mol. The smallest absolute Gasteiger partial charge is 0.278 e. The number of allylic oxidation sites excluding steroid dienone is 2. The third-order valence-electron chi connectivity index (χ3n) is 9.24. The molecule has 0 radical (unpaired) electrons. The van der Waals surface area contributed by atoms with E-state index in [4.69, 9.17) is 4.98 Å². The Kier molecular flexibility index (Phi) is 7.75. The summed E-state index contributed by atoms with van der Waals surface area (Å²) in [7, 11) is 0. The Morgan fingerprint density at radius 1 is 1.00 bits per heavy atom. The molecule has 0 aliphatic carbocycles. The molecule has 0 unspecified atom stereocenters. The molecule has 1 N–H and O–H groups in total. The highest BCUT2D eigenvalue weighted by Gasteiger charge is 2.23. The first-order chi connectivity index (χ1) is 21.9. The van der Waals surface area contributed by atoms with Crippen LogP contribution in [0.5, 0.6) is 0 Å². The number of nitrogens with zero attached hydrogens (tertiary/aromatic N) is 7. The number of rotatable bonds is 4. The maximum Gasteiger partial charge on any atom is 0.278 e. The molecule has 1 saturated heterocycles. The summed E-state index contributed by atoms with van der Waals surface area (Å²) in [6.45, 7) is 9.43. The molecule has 10 nitrogen and oxygen atoms in total. The first kappa shape index (κ1) is 29.0. The summed E-state index contributed by atoms with van der Waals surface area (Å²) in [5.41, 5.74) is 4.01. The fourth-order valence-electron chi connectivity index (χ4n) is 6.81. The Hall–Kier alpha value is -4.70. The number of anilines is 3. The van der Waals surface area contributed by atoms with Crippen molar-refractivity contribution in [2.24, 2.45) is 0 Å². The van der Waals surface area contributed by atoms with Crippen molar-refractivity contribution >= 4 is 45.2 Å². The van der Waals surface area contributed by atoms with Crippen LogP contribution < -0.4 is 15.8 Å². The topological polar surface area (TPSA) is 93.2 Å². The Balaban J connectivity index is 1.22. The minimum Gasteiger partial charge on any atom is -0.344 e. The highest BCUT2D eigenvalue weighted by molar-refractivity contribution is 5.92. The predicted molar refractivity (Wildman–Crippen MR) is 180 cm³/mol. The van der Waals surface area contributed by atoms with Crippen LogP contribution in [0, 0.1) is 0 Å². The van der Waals surface area contributed by atoms with E-state index >= 15 is 0 Å². The van der Waals surface area contributed by atoms with E-state index in [-0.39, 0.29) is 11.5 Å². The van der Waals surface area contributed by atoms with Gasteiger partial charge in [-0.25, -0.2) is 14.3 Å². The molecule has 0 spiro atoms. The second-order valence-electron chi connectivity index (χ2n) is 12.4. The van der Waals surface area contributed by atoms with Crippen LogP contribution in [0.25, 0.3) is 27.6 Å². The summed E-state index contributed by atoms with van der Waals surface area (Å²) >= 11 is 0. The van der Waals surface area contributed by atoms with Gasteiger partial charge in [0.25, 0.3) is 5.56 Å². The fourth-order valence-corrected chi connectivity index (χ4v) is 6.81. The van der Waals surface area contributed by atoms with Crippen LogP contribution in [-0.4, -0.2) is 60.4 Å². The van der Waals surface area contributed by atoms with E-state index in [9.17, 15) is 9.59 Å². The van der Waals surface area contributed by atoms with Crippen LogP contribution in [0.15, 0.2) is 77.9 Å². The zero-order valence-corrected chi connectivity index (χ0v) is 26.2. The number of piperidine rings is 1. The predicted octanol–water partition coefficient (Wildman–Crippen LogP) is 6.03. The highest BCUT2D eigenvalue weighted by atomic mass is 16.2. The van der Waals surface area contributed by atoms with Gasteiger partial charge in [-0.3, -0.25) is 9.59 Å². The monoisotopic (exact) mass is 604 g/mol. The second-order valence-corrected chi connectivity index (χ2v) is 12.4. The molecule has 232 valence electrons. The summed E-state index contributed by atoms with van der Waals surface area (Å²) < 4.78 is 5.95. The molecule has 3 aromatic heterocycles. The first-order valence-corrected chi connectivity index (χ1v) is 16.0. The second kappa shape index (κ2) is 12.0. The molecule has 0 atom stereocenters. The van der Waals surface area contributed by atoms with E-state index in [1.807, 2.05) is 35.0 Å².